The molecular weight excluding hydrogens is 304 g/mol. The van der Waals surface area contributed by atoms with Crippen molar-refractivity contribution in [1.29, 1.82) is 0 Å². The van der Waals surface area contributed by atoms with Gasteiger partial charge in [-0.1, -0.05) is 29.8 Å². The first-order chi connectivity index (χ1) is 10.6. The minimum absolute atomic E-state index is 0.0765. The molecule has 3 rings (SSSR count). The minimum atomic E-state index is -0.925. The fourth-order valence-electron chi connectivity index (χ4n) is 2.43. The molecule has 0 bridgehead atoms. The highest BCUT2D eigenvalue weighted by Gasteiger charge is 2.43. The van der Waals surface area contributed by atoms with E-state index in [-0.39, 0.29) is 12.3 Å². The Kier molecular flexibility index (Phi) is 3.83. The van der Waals surface area contributed by atoms with Gasteiger partial charge in [-0.2, -0.15) is 0 Å². The molecule has 1 atom stereocenters. The number of hydrogen-bond donors (Lipinski definition) is 1. The quantitative estimate of drug-likeness (QED) is 0.698. The standard InChI is InChI=1S/C16H13ClN2O3/c17-11-6-8-12(9-7-11)18-15(20)10-14(16(18)21)19(22)13-4-2-1-3-5-13/h1-9,14,22H,10H2/t14-/m0/s1. The van der Waals surface area contributed by atoms with E-state index in [0.29, 0.717) is 16.4 Å². The lowest BCUT2D eigenvalue weighted by Crippen LogP contribution is -2.40. The number of carbonyl (C=O) groups is 2. The molecular formula is C16H13ClN2O3. The summed E-state index contributed by atoms with van der Waals surface area (Å²) in [5.41, 5.74) is 0.912. The van der Waals surface area contributed by atoms with Gasteiger partial charge < -0.3 is 0 Å². The molecule has 1 aliphatic heterocycles. The first-order valence-corrected chi connectivity index (χ1v) is 7.11. The predicted octanol–water partition coefficient (Wildman–Crippen LogP) is 2.87. The summed E-state index contributed by atoms with van der Waals surface area (Å²) in [5, 5.41) is 11.6. The molecule has 1 saturated heterocycles. The Labute approximate surface area is 132 Å². The van der Waals surface area contributed by atoms with Crippen LogP contribution >= 0.6 is 11.6 Å². The third-order valence-corrected chi connectivity index (χ3v) is 3.78. The molecule has 2 aromatic rings. The summed E-state index contributed by atoms with van der Waals surface area (Å²) in [7, 11) is 0. The highest BCUT2D eigenvalue weighted by molar-refractivity contribution is 6.30. The van der Waals surface area contributed by atoms with E-state index < -0.39 is 11.9 Å². The Balaban J connectivity index is 1.87. The van der Waals surface area contributed by atoms with E-state index in [1.54, 1.807) is 54.6 Å². The van der Waals surface area contributed by atoms with E-state index in [9.17, 15) is 14.8 Å². The Morgan fingerprint density at radius 3 is 2.32 bits per heavy atom. The van der Waals surface area contributed by atoms with Crippen LogP contribution in [0.3, 0.4) is 0 Å². The van der Waals surface area contributed by atoms with Crippen LogP contribution in [0.25, 0.3) is 0 Å². The van der Waals surface area contributed by atoms with Gasteiger partial charge in [0.1, 0.15) is 6.04 Å². The number of anilines is 2. The van der Waals surface area contributed by atoms with Crippen LogP contribution in [0.1, 0.15) is 6.42 Å². The third kappa shape index (κ3) is 2.56. The van der Waals surface area contributed by atoms with Crippen molar-refractivity contribution in [3.8, 4) is 0 Å². The second-order valence-electron chi connectivity index (χ2n) is 4.94. The smallest absolute Gasteiger partial charge is 0.259 e. The van der Waals surface area contributed by atoms with Crippen LogP contribution in [0.4, 0.5) is 11.4 Å². The Morgan fingerprint density at radius 1 is 1.05 bits per heavy atom. The van der Waals surface area contributed by atoms with E-state index in [2.05, 4.69) is 0 Å². The summed E-state index contributed by atoms with van der Waals surface area (Å²) in [5.74, 6) is -0.814. The van der Waals surface area contributed by atoms with Crippen LogP contribution in [-0.4, -0.2) is 23.1 Å². The number of nitrogens with zero attached hydrogens (tertiary/aromatic N) is 2. The molecule has 2 aromatic carbocycles. The molecule has 112 valence electrons. The Bertz CT molecular complexity index is 703. The molecule has 0 radical (unpaired) electrons. The fourth-order valence-corrected chi connectivity index (χ4v) is 2.56. The number of rotatable bonds is 3. The van der Waals surface area contributed by atoms with Gasteiger partial charge in [-0.05, 0) is 36.4 Å². The maximum absolute atomic E-state index is 12.5. The molecule has 1 heterocycles. The molecule has 1 aliphatic rings. The zero-order valence-electron chi connectivity index (χ0n) is 11.5. The number of amides is 2. The number of halogens is 1. The van der Waals surface area contributed by atoms with Crippen molar-refractivity contribution < 1.29 is 14.8 Å². The normalized spacial score (nSPS) is 17.9. The number of imide groups is 1. The Hall–Kier alpha value is -2.37. The van der Waals surface area contributed by atoms with Gasteiger partial charge in [0.05, 0.1) is 17.8 Å². The van der Waals surface area contributed by atoms with Gasteiger partial charge in [-0.3, -0.25) is 14.8 Å². The summed E-state index contributed by atoms with van der Waals surface area (Å²) >= 11 is 5.81. The highest BCUT2D eigenvalue weighted by atomic mass is 35.5. The van der Waals surface area contributed by atoms with Crippen LogP contribution in [0.15, 0.2) is 54.6 Å². The van der Waals surface area contributed by atoms with Gasteiger partial charge in [0.2, 0.25) is 5.91 Å². The first-order valence-electron chi connectivity index (χ1n) is 6.73. The zero-order valence-corrected chi connectivity index (χ0v) is 12.3. The minimum Gasteiger partial charge on any atom is -0.288 e. The van der Waals surface area contributed by atoms with E-state index in [1.807, 2.05) is 0 Å². The van der Waals surface area contributed by atoms with Crippen molar-refractivity contribution in [2.75, 3.05) is 9.96 Å². The summed E-state index contributed by atoms with van der Waals surface area (Å²) in [6.07, 6.45) is -0.0765. The van der Waals surface area contributed by atoms with E-state index in [1.165, 1.54) is 0 Å². The zero-order chi connectivity index (χ0) is 15.7. The molecule has 1 fully saturated rings. The van der Waals surface area contributed by atoms with Gasteiger partial charge in [0, 0.05) is 5.02 Å². The second kappa shape index (κ2) is 5.79. The molecule has 5 nitrogen and oxygen atoms in total. The summed E-state index contributed by atoms with van der Waals surface area (Å²) in [6, 6.07) is 14.1. The topological polar surface area (TPSA) is 60.9 Å². The van der Waals surface area contributed by atoms with Gasteiger partial charge in [-0.15, -0.1) is 0 Å². The lowest BCUT2D eigenvalue weighted by Gasteiger charge is -2.22. The van der Waals surface area contributed by atoms with Gasteiger partial charge in [-0.25, -0.2) is 9.96 Å². The van der Waals surface area contributed by atoms with Crippen molar-refractivity contribution in [2.45, 2.75) is 12.5 Å². The molecule has 0 saturated carbocycles. The molecule has 0 spiro atoms. The number of para-hydroxylation sites is 1. The van der Waals surface area contributed by atoms with E-state index in [4.69, 9.17) is 11.6 Å². The maximum Gasteiger partial charge on any atom is 0.259 e. The molecule has 2 amide bonds. The van der Waals surface area contributed by atoms with Crippen LogP contribution in [0.2, 0.25) is 5.02 Å². The molecule has 6 heteroatoms. The number of benzene rings is 2. The van der Waals surface area contributed by atoms with Gasteiger partial charge in [0.15, 0.2) is 0 Å². The van der Waals surface area contributed by atoms with E-state index >= 15 is 0 Å². The summed E-state index contributed by atoms with van der Waals surface area (Å²) in [6.45, 7) is 0. The van der Waals surface area contributed by atoms with Crippen molar-refractivity contribution in [3.63, 3.8) is 0 Å². The number of hydroxylamine groups is 1. The monoisotopic (exact) mass is 316 g/mol. The predicted molar refractivity (Wildman–Crippen MR) is 83.1 cm³/mol. The van der Waals surface area contributed by atoms with E-state index in [0.717, 1.165) is 9.96 Å². The largest absolute Gasteiger partial charge is 0.288 e. The van der Waals surface area contributed by atoms with Gasteiger partial charge >= 0.3 is 0 Å². The number of hydrogen-bond acceptors (Lipinski definition) is 4. The van der Waals surface area contributed by atoms with Crippen LogP contribution < -0.4 is 9.96 Å². The molecule has 0 aliphatic carbocycles. The van der Waals surface area contributed by atoms with Gasteiger partial charge in [0.25, 0.3) is 5.91 Å². The fraction of sp³-hybridized carbons (Fsp3) is 0.125. The average molecular weight is 317 g/mol. The third-order valence-electron chi connectivity index (χ3n) is 3.52. The van der Waals surface area contributed by atoms with Crippen LogP contribution in [0.5, 0.6) is 0 Å². The average Bonchev–Trinajstić information content (AvgIpc) is 2.83. The van der Waals surface area contributed by atoms with Crippen LogP contribution in [0, 0.1) is 0 Å². The molecule has 1 N–H and O–H groups in total. The van der Waals surface area contributed by atoms with Crippen LogP contribution in [-0.2, 0) is 9.59 Å². The van der Waals surface area contributed by atoms with Crippen molar-refractivity contribution in [2.24, 2.45) is 0 Å². The number of carbonyl (C=O) groups excluding carboxylic acids is 2. The first kappa shape index (κ1) is 14.6. The lowest BCUT2D eigenvalue weighted by atomic mass is 10.2. The van der Waals surface area contributed by atoms with Crippen molar-refractivity contribution >= 4 is 34.8 Å². The highest BCUT2D eigenvalue weighted by Crippen LogP contribution is 2.28. The summed E-state index contributed by atoms with van der Waals surface area (Å²) < 4.78 is 0. The molecule has 0 aromatic heterocycles. The Morgan fingerprint density at radius 2 is 1.68 bits per heavy atom. The lowest BCUT2D eigenvalue weighted by molar-refractivity contribution is -0.121. The second-order valence-corrected chi connectivity index (χ2v) is 5.38. The molecule has 22 heavy (non-hydrogen) atoms. The molecule has 0 unspecified atom stereocenters. The SMILES string of the molecule is O=C1C[C@H](N(O)c2ccccc2)C(=O)N1c1ccc(Cl)cc1. The van der Waals surface area contributed by atoms with Crippen molar-refractivity contribution in [1.82, 2.24) is 0 Å². The summed E-state index contributed by atoms with van der Waals surface area (Å²) in [4.78, 5) is 25.7. The van der Waals surface area contributed by atoms with Crippen molar-refractivity contribution in [3.05, 3.63) is 59.6 Å². The maximum atomic E-state index is 12.5.